The van der Waals surface area contributed by atoms with Crippen molar-refractivity contribution in [2.45, 2.75) is 25.7 Å². The highest BCUT2D eigenvalue weighted by molar-refractivity contribution is 5.75. The second-order valence-corrected chi connectivity index (χ2v) is 5.80. The van der Waals surface area contributed by atoms with Crippen LogP contribution in [-0.4, -0.2) is 35.8 Å². The zero-order valence-electron chi connectivity index (χ0n) is 13.0. The van der Waals surface area contributed by atoms with Crippen molar-refractivity contribution in [3.8, 4) is 0 Å². The first-order chi connectivity index (χ1) is 11.3. The zero-order chi connectivity index (χ0) is 15.9. The summed E-state index contributed by atoms with van der Waals surface area (Å²) >= 11 is 0. The number of ether oxygens (including phenoxy) is 1. The summed E-state index contributed by atoms with van der Waals surface area (Å²) in [6, 6.07) is 9.99. The number of nitrogens with zero attached hydrogens (tertiary/aromatic N) is 2. The predicted molar refractivity (Wildman–Crippen MR) is 83.8 cm³/mol. The molecule has 0 aliphatic carbocycles. The topological polar surface area (TPSA) is 77.2 Å². The maximum Gasteiger partial charge on any atom is 0.227 e. The average molecular weight is 315 g/mol. The Kier molecular flexibility index (Phi) is 5.37. The zero-order valence-corrected chi connectivity index (χ0v) is 13.0. The van der Waals surface area contributed by atoms with Gasteiger partial charge in [-0.3, -0.25) is 4.79 Å². The molecule has 1 amide bonds. The van der Waals surface area contributed by atoms with Gasteiger partial charge in [0.2, 0.25) is 11.8 Å². The highest BCUT2D eigenvalue weighted by atomic mass is 16.5. The van der Waals surface area contributed by atoms with Gasteiger partial charge in [0.05, 0.1) is 6.61 Å². The van der Waals surface area contributed by atoms with Gasteiger partial charge in [0.15, 0.2) is 5.82 Å². The maximum absolute atomic E-state index is 11.8. The number of amides is 1. The van der Waals surface area contributed by atoms with Gasteiger partial charge in [-0.2, -0.15) is 4.98 Å². The number of benzene rings is 1. The monoisotopic (exact) mass is 315 g/mol. The number of nitrogens with one attached hydrogen (secondary N) is 1. The van der Waals surface area contributed by atoms with Crippen molar-refractivity contribution in [3.63, 3.8) is 0 Å². The molecule has 1 aliphatic heterocycles. The summed E-state index contributed by atoms with van der Waals surface area (Å²) in [6.07, 6.45) is 2.49. The van der Waals surface area contributed by atoms with E-state index in [1.54, 1.807) is 0 Å². The fourth-order valence-corrected chi connectivity index (χ4v) is 2.55. The molecule has 0 radical (unpaired) electrons. The molecule has 0 bridgehead atoms. The highest BCUT2D eigenvalue weighted by Gasteiger charge is 2.16. The summed E-state index contributed by atoms with van der Waals surface area (Å²) in [5, 5.41) is 6.90. The Hall–Kier alpha value is -2.21. The number of carbonyl (C=O) groups excluding carboxylic acids is 1. The fourth-order valence-electron chi connectivity index (χ4n) is 2.55. The van der Waals surface area contributed by atoms with Crippen LogP contribution in [0.3, 0.4) is 0 Å². The molecular formula is C17H21N3O3. The van der Waals surface area contributed by atoms with Crippen LogP contribution in [-0.2, 0) is 22.4 Å². The first kappa shape index (κ1) is 15.7. The van der Waals surface area contributed by atoms with Gasteiger partial charge in [0.1, 0.15) is 0 Å². The standard InChI is InChI=1S/C17H21N3O3/c21-16(18-11-14-8-9-22-12-14)6-7-17-19-15(20-23-17)10-13-4-2-1-3-5-13/h1-5,14H,6-12H2,(H,18,21). The van der Waals surface area contributed by atoms with E-state index in [1.807, 2.05) is 30.3 Å². The van der Waals surface area contributed by atoms with Crippen LogP contribution in [0.25, 0.3) is 0 Å². The molecule has 23 heavy (non-hydrogen) atoms. The van der Waals surface area contributed by atoms with E-state index in [0.29, 0.717) is 43.4 Å². The minimum absolute atomic E-state index is 0.0136. The van der Waals surface area contributed by atoms with Crippen LogP contribution in [0, 0.1) is 5.92 Å². The molecule has 3 rings (SSSR count). The van der Waals surface area contributed by atoms with E-state index in [1.165, 1.54) is 0 Å². The van der Waals surface area contributed by atoms with E-state index in [0.717, 1.165) is 25.2 Å². The van der Waals surface area contributed by atoms with E-state index in [2.05, 4.69) is 15.5 Å². The minimum atomic E-state index is 0.0136. The van der Waals surface area contributed by atoms with Gasteiger partial charge in [0, 0.05) is 38.3 Å². The van der Waals surface area contributed by atoms with Crippen molar-refractivity contribution < 1.29 is 14.1 Å². The summed E-state index contributed by atoms with van der Waals surface area (Å²) in [5.74, 6) is 1.62. The molecule has 1 aliphatic rings. The molecule has 2 heterocycles. The molecule has 1 N–H and O–H groups in total. The van der Waals surface area contributed by atoms with Crippen molar-refractivity contribution in [3.05, 3.63) is 47.6 Å². The van der Waals surface area contributed by atoms with Crippen LogP contribution in [0.1, 0.15) is 30.1 Å². The molecule has 0 saturated carbocycles. The predicted octanol–water partition coefficient (Wildman–Crippen LogP) is 1.75. The Morgan fingerprint density at radius 3 is 2.96 bits per heavy atom. The quantitative estimate of drug-likeness (QED) is 0.842. The van der Waals surface area contributed by atoms with Crippen molar-refractivity contribution in [1.29, 1.82) is 0 Å². The van der Waals surface area contributed by atoms with Crippen LogP contribution in [0.4, 0.5) is 0 Å². The average Bonchev–Trinajstić information content (AvgIpc) is 3.24. The largest absolute Gasteiger partial charge is 0.381 e. The van der Waals surface area contributed by atoms with E-state index >= 15 is 0 Å². The van der Waals surface area contributed by atoms with E-state index < -0.39 is 0 Å². The van der Waals surface area contributed by atoms with Gasteiger partial charge < -0.3 is 14.6 Å². The lowest BCUT2D eigenvalue weighted by molar-refractivity contribution is -0.121. The highest BCUT2D eigenvalue weighted by Crippen LogP contribution is 2.11. The maximum atomic E-state index is 11.8. The Labute approximate surface area is 135 Å². The third-order valence-corrected chi connectivity index (χ3v) is 3.89. The van der Waals surface area contributed by atoms with Crippen LogP contribution < -0.4 is 5.32 Å². The molecule has 1 atom stereocenters. The van der Waals surface area contributed by atoms with E-state index in [9.17, 15) is 4.79 Å². The second kappa shape index (κ2) is 7.87. The second-order valence-electron chi connectivity index (χ2n) is 5.80. The van der Waals surface area contributed by atoms with Gasteiger partial charge in [-0.05, 0) is 12.0 Å². The van der Waals surface area contributed by atoms with Gasteiger partial charge >= 0.3 is 0 Å². The molecule has 6 heteroatoms. The third kappa shape index (κ3) is 4.89. The first-order valence-electron chi connectivity index (χ1n) is 7.99. The van der Waals surface area contributed by atoms with Crippen LogP contribution >= 0.6 is 0 Å². The molecule has 1 aromatic carbocycles. The van der Waals surface area contributed by atoms with Gasteiger partial charge in [0.25, 0.3) is 0 Å². The van der Waals surface area contributed by atoms with Crippen molar-refractivity contribution in [2.75, 3.05) is 19.8 Å². The number of aromatic nitrogens is 2. The summed E-state index contributed by atoms with van der Waals surface area (Å²) in [4.78, 5) is 16.2. The SMILES string of the molecule is O=C(CCc1nc(Cc2ccccc2)no1)NCC1CCOC1. The third-order valence-electron chi connectivity index (χ3n) is 3.89. The summed E-state index contributed by atoms with van der Waals surface area (Å²) < 4.78 is 10.5. The van der Waals surface area contributed by atoms with Gasteiger partial charge in [-0.1, -0.05) is 35.5 Å². The summed E-state index contributed by atoms with van der Waals surface area (Å²) in [5.41, 5.74) is 1.14. The van der Waals surface area contributed by atoms with Crippen LogP contribution in [0.5, 0.6) is 0 Å². The Morgan fingerprint density at radius 2 is 2.17 bits per heavy atom. The number of hydrogen-bond donors (Lipinski definition) is 1. The van der Waals surface area contributed by atoms with E-state index in [4.69, 9.17) is 9.26 Å². The van der Waals surface area contributed by atoms with Crippen molar-refractivity contribution >= 4 is 5.91 Å². The molecule has 122 valence electrons. The lowest BCUT2D eigenvalue weighted by Crippen LogP contribution is -2.29. The molecular weight excluding hydrogens is 294 g/mol. The van der Waals surface area contributed by atoms with Gasteiger partial charge in [-0.15, -0.1) is 0 Å². The normalized spacial score (nSPS) is 17.3. The molecule has 6 nitrogen and oxygen atoms in total. The van der Waals surface area contributed by atoms with E-state index in [-0.39, 0.29) is 5.91 Å². The van der Waals surface area contributed by atoms with Crippen molar-refractivity contribution in [2.24, 2.45) is 5.92 Å². The number of rotatable bonds is 7. The number of aryl methyl sites for hydroxylation is 1. The lowest BCUT2D eigenvalue weighted by Gasteiger charge is -2.08. The minimum Gasteiger partial charge on any atom is -0.381 e. The Morgan fingerprint density at radius 1 is 1.30 bits per heavy atom. The van der Waals surface area contributed by atoms with Crippen molar-refractivity contribution in [1.82, 2.24) is 15.5 Å². The molecule has 1 saturated heterocycles. The Bertz CT molecular complexity index is 621. The smallest absolute Gasteiger partial charge is 0.227 e. The number of carbonyl (C=O) groups is 1. The molecule has 0 spiro atoms. The summed E-state index contributed by atoms with van der Waals surface area (Å²) in [6.45, 7) is 2.22. The lowest BCUT2D eigenvalue weighted by atomic mass is 10.1. The van der Waals surface area contributed by atoms with Gasteiger partial charge in [-0.25, -0.2) is 0 Å². The molecule has 1 aromatic heterocycles. The molecule has 1 unspecified atom stereocenters. The first-order valence-corrected chi connectivity index (χ1v) is 7.99. The van der Waals surface area contributed by atoms with Crippen LogP contribution in [0.15, 0.2) is 34.9 Å². The fraction of sp³-hybridized carbons (Fsp3) is 0.471. The Balaban J connectivity index is 1.41. The molecule has 1 fully saturated rings. The molecule has 2 aromatic rings. The van der Waals surface area contributed by atoms with Crippen LogP contribution in [0.2, 0.25) is 0 Å². The number of hydrogen-bond acceptors (Lipinski definition) is 5. The summed E-state index contributed by atoms with van der Waals surface area (Å²) in [7, 11) is 0.